The van der Waals surface area contributed by atoms with Gasteiger partial charge in [-0.15, -0.1) is 0 Å². The molecule has 0 aliphatic heterocycles. The molecular weight excluding hydrogens is 251 g/mol. The molecule has 0 aromatic heterocycles. The van der Waals surface area contributed by atoms with Crippen molar-refractivity contribution in [3.05, 3.63) is 35.4 Å². The van der Waals surface area contributed by atoms with Crippen molar-refractivity contribution in [2.75, 3.05) is 6.61 Å². The van der Waals surface area contributed by atoms with Crippen LogP contribution in [0.25, 0.3) is 0 Å². The smallest absolute Gasteiger partial charge is 0.416 e. The van der Waals surface area contributed by atoms with Crippen molar-refractivity contribution in [1.82, 2.24) is 5.32 Å². The standard InChI is InChI=1S/C11H12F3NO3/c12-11(13,14)8-3-1-2-7(6-8)9(4-5-16)15-10(17)18/h1-3,6,9,15-16H,4-5H2,(H,17,18). The second kappa shape index (κ2) is 5.72. The highest BCUT2D eigenvalue weighted by Crippen LogP contribution is 2.31. The number of carbonyl (C=O) groups is 1. The maximum atomic E-state index is 12.5. The molecule has 1 aromatic rings. The molecule has 0 fully saturated rings. The number of amides is 1. The first kappa shape index (κ1) is 14.3. The monoisotopic (exact) mass is 263 g/mol. The number of benzene rings is 1. The summed E-state index contributed by atoms with van der Waals surface area (Å²) >= 11 is 0. The lowest BCUT2D eigenvalue weighted by Crippen LogP contribution is -2.27. The zero-order valence-electron chi connectivity index (χ0n) is 9.24. The van der Waals surface area contributed by atoms with E-state index in [2.05, 4.69) is 5.32 Å². The normalized spacial score (nSPS) is 13.1. The van der Waals surface area contributed by atoms with E-state index in [0.29, 0.717) is 0 Å². The Morgan fingerprint density at radius 2 is 2.06 bits per heavy atom. The number of alkyl halides is 3. The molecule has 1 unspecified atom stereocenters. The molecule has 4 nitrogen and oxygen atoms in total. The molecule has 0 aliphatic carbocycles. The summed E-state index contributed by atoms with van der Waals surface area (Å²) in [4.78, 5) is 10.5. The molecule has 1 amide bonds. The predicted octanol–water partition coefficient (Wildman–Crippen LogP) is 2.40. The lowest BCUT2D eigenvalue weighted by atomic mass is 10.0. The minimum absolute atomic E-state index is 0.00755. The maximum Gasteiger partial charge on any atom is 0.416 e. The van der Waals surface area contributed by atoms with E-state index in [9.17, 15) is 18.0 Å². The summed E-state index contributed by atoms with van der Waals surface area (Å²) in [7, 11) is 0. The highest BCUT2D eigenvalue weighted by atomic mass is 19.4. The number of hydrogen-bond acceptors (Lipinski definition) is 2. The second-order valence-corrected chi connectivity index (χ2v) is 3.64. The maximum absolute atomic E-state index is 12.5. The van der Waals surface area contributed by atoms with E-state index in [1.807, 2.05) is 0 Å². The van der Waals surface area contributed by atoms with Crippen LogP contribution in [0.1, 0.15) is 23.6 Å². The van der Waals surface area contributed by atoms with Gasteiger partial charge in [0.1, 0.15) is 0 Å². The quantitative estimate of drug-likeness (QED) is 0.781. The third-order valence-electron chi connectivity index (χ3n) is 2.33. The minimum Gasteiger partial charge on any atom is -0.465 e. The van der Waals surface area contributed by atoms with E-state index in [1.165, 1.54) is 12.1 Å². The van der Waals surface area contributed by atoms with Gasteiger partial charge in [-0.05, 0) is 24.1 Å². The molecule has 18 heavy (non-hydrogen) atoms. The van der Waals surface area contributed by atoms with Crippen molar-refractivity contribution in [2.45, 2.75) is 18.6 Å². The highest BCUT2D eigenvalue weighted by molar-refractivity contribution is 5.65. The van der Waals surface area contributed by atoms with Crippen molar-refractivity contribution in [3.8, 4) is 0 Å². The van der Waals surface area contributed by atoms with E-state index >= 15 is 0 Å². The molecule has 0 bridgehead atoms. The van der Waals surface area contributed by atoms with Gasteiger partial charge in [-0.1, -0.05) is 12.1 Å². The molecule has 7 heteroatoms. The topological polar surface area (TPSA) is 69.6 Å². The molecule has 1 rings (SSSR count). The summed E-state index contributed by atoms with van der Waals surface area (Å²) in [5, 5.41) is 19.4. The van der Waals surface area contributed by atoms with E-state index in [1.54, 1.807) is 0 Å². The summed E-state index contributed by atoms with van der Waals surface area (Å²) in [5.74, 6) is 0. The van der Waals surface area contributed by atoms with E-state index in [4.69, 9.17) is 10.2 Å². The number of hydrogen-bond donors (Lipinski definition) is 3. The summed E-state index contributed by atoms with van der Waals surface area (Å²) in [5.41, 5.74) is -0.684. The van der Waals surface area contributed by atoms with Gasteiger partial charge in [0, 0.05) is 6.61 Å². The van der Waals surface area contributed by atoms with Crippen LogP contribution in [0, 0.1) is 0 Å². The van der Waals surface area contributed by atoms with Gasteiger partial charge in [-0.25, -0.2) is 4.79 Å². The molecule has 0 saturated heterocycles. The fourth-order valence-corrected chi connectivity index (χ4v) is 1.53. The summed E-state index contributed by atoms with van der Waals surface area (Å²) in [6, 6.07) is 3.49. The van der Waals surface area contributed by atoms with Gasteiger partial charge in [0.15, 0.2) is 0 Å². The Morgan fingerprint density at radius 3 is 2.56 bits per heavy atom. The summed E-state index contributed by atoms with van der Waals surface area (Å²) < 4.78 is 37.5. The third kappa shape index (κ3) is 3.92. The average Bonchev–Trinajstić information content (AvgIpc) is 2.27. The first-order valence-corrected chi connectivity index (χ1v) is 5.12. The predicted molar refractivity (Wildman–Crippen MR) is 57.0 cm³/mol. The number of rotatable bonds is 4. The third-order valence-corrected chi connectivity index (χ3v) is 2.33. The van der Waals surface area contributed by atoms with Crippen LogP contribution in [0.2, 0.25) is 0 Å². The van der Waals surface area contributed by atoms with Crippen LogP contribution >= 0.6 is 0 Å². The lowest BCUT2D eigenvalue weighted by Gasteiger charge is -2.17. The molecule has 0 heterocycles. The van der Waals surface area contributed by atoms with Crippen LogP contribution in [0.4, 0.5) is 18.0 Å². The molecule has 0 saturated carbocycles. The van der Waals surface area contributed by atoms with Crippen molar-refractivity contribution in [3.63, 3.8) is 0 Å². The Bertz CT molecular complexity index is 420. The largest absolute Gasteiger partial charge is 0.465 e. The van der Waals surface area contributed by atoms with Crippen LogP contribution in [0.3, 0.4) is 0 Å². The molecule has 0 aliphatic rings. The molecule has 0 radical (unpaired) electrons. The first-order chi connectivity index (χ1) is 8.34. The number of halogens is 3. The average molecular weight is 263 g/mol. The Morgan fingerprint density at radius 1 is 1.39 bits per heavy atom. The SMILES string of the molecule is O=C(O)NC(CCO)c1cccc(C(F)(F)F)c1. The van der Waals surface area contributed by atoms with Gasteiger partial charge >= 0.3 is 12.3 Å². The van der Waals surface area contributed by atoms with Gasteiger partial charge < -0.3 is 15.5 Å². The molecular formula is C11H12F3NO3. The Balaban J connectivity index is 3.01. The number of aliphatic hydroxyl groups excluding tert-OH is 1. The van der Waals surface area contributed by atoms with Crippen molar-refractivity contribution in [2.24, 2.45) is 0 Å². The van der Waals surface area contributed by atoms with Crippen LogP contribution in [0.5, 0.6) is 0 Å². The van der Waals surface area contributed by atoms with Crippen molar-refractivity contribution >= 4 is 6.09 Å². The number of carboxylic acid groups (broad SMARTS) is 1. The minimum atomic E-state index is -4.48. The van der Waals surface area contributed by atoms with Gasteiger partial charge in [0.2, 0.25) is 0 Å². The Labute approximate surface area is 101 Å². The molecule has 100 valence electrons. The fourth-order valence-electron chi connectivity index (χ4n) is 1.53. The van der Waals surface area contributed by atoms with Gasteiger partial charge in [-0.3, -0.25) is 0 Å². The van der Waals surface area contributed by atoms with Gasteiger partial charge in [0.05, 0.1) is 11.6 Å². The van der Waals surface area contributed by atoms with Crippen LogP contribution in [0.15, 0.2) is 24.3 Å². The van der Waals surface area contributed by atoms with Gasteiger partial charge in [-0.2, -0.15) is 13.2 Å². The molecule has 1 atom stereocenters. The van der Waals surface area contributed by atoms with Crippen LogP contribution in [-0.2, 0) is 6.18 Å². The lowest BCUT2D eigenvalue weighted by molar-refractivity contribution is -0.137. The second-order valence-electron chi connectivity index (χ2n) is 3.64. The number of aliphatic hydroxyl groups is 1. The fraction of sp³-hybridized carbons (Fsp3) is 0.364. The Hall–Kier alpha value is -1.76. The Kier molecular flexibility index (Phi) is 4.55. The van der Waals surface area contributed by atoms with E-state index < -0.39 is 23.9 Å². The zero-order valence-corrected chi connectivity index (χ0v) is 9.24. The van der Waals surface area contributed by atoms with E-state index in [0.717, 1.165) is 12.1 Å². The number of nitrogens with one attached hydrogen (secondary N) is 1. The highest BCUT2D eigenvalue weighted by Gasteiger charge is 2.31. The zero-order chi connectivity index (χ0) is 13.8. The first-order valence-electron chi connectivity index (χ1n) is 5.12. The summed E-state index contributed by atoms with van der Waals surface area (Å²) in [6.07, 6.45) is -5.83. The van der Waals surface area contributed by atoms with E-state index in [-0.39, 0.29) is 18.6 Å². The molecule has 0 spiro atoms. The molecule has 1 aromatic carbocycles. The summed E-state index contributed by atoms with van der Waals surface area (Å²) in [6.45, 7) is -0.332. The van der Waals surface area contributed by atoms with Crippen molar-refractivity contribution < 1.29 is 28.2 Å². The van der Waals surface area contributed by atoms with Crippen LogP contribution in [-0.4, -0.2) is 22.9 Å². The van der Waals surface area contributed by atoms with Crippen molar-refractivity contribution in [1.29, 1.82) is 0 Å². The van der Waals surface area contributed by atoms with Crippen LogP contribution < -0.4 is 5.32 Å². The van der Waals surface area contributed by atoms with Gasteiger partial charge in [0.25, 0.3) is 0 Å². The molecule has 3 N–H and O–H groups in total.